The average Bonchev–Trinajstić information content (AvgIpc) is 3.09. The summed E-state index contributed by atoms with van der Waals surface area (Å²) in [4.78, 5) is 12.7. The van der Waals surface area contributed by atoms with E-state index in [0.717, 1.165) is 23.3 Å². The number of amides is 1. The SMILES string of the molecule is Cc1ccc(C)c(NC(=O)[C@@H]2CCCN2S(=O)(=O)c2ccc(F)cc2)c1. The van der Waals surface area contributed by atoms with E-state index in [9.17, 15) is 17.6 Å². The maximum Gasteiger partial charge on any atom is 0.243 e. The standard InChI is InChI=1S/C19H21FN2O3S/c1-13-5-6-14(2)17(12-13)21-19(23)18-4-3-11-22(18)26(24,25)16-9-7-15(20)8-10-16/h5-10,12,18H,3-4,11H2,1-2H3,(H,21,23)/t18-/m0/s1. The largest absolute Gasteiger partial charge is 0.324 e. The summed E-state index contributed by atoms with van der Waals surface area (Å²) in [6.45, 7) is 4.08. The van der Waals surface area contributed by atoms with E-state index in [0.29, 0.717) is 18.5 Å². The number of hydrogen-bond acceptors (Lipinski definition) is 3. The molecule has 1 aliphatic rings. The molecule has 0 aliphatic carbocycles. The summed E-state index contributed by atoms with van der Waals surface area (Å²) < 4.78 is 40.0. The fraction of sp³-hybridized carbons (Fsp3) is 0.316. The maximum atomic E-state index is 13.1. The molecule has 1 aliphatic heterocycles. The molecule has 1 amide bonds. The minimum Gasteiger partial charge on any atom is -0.324 e. The fourth-order valence-corrected chi connectivity index (χ4v) is 4.77. The van der Waals surface area contributed by atoms with Crippen molar-refractivity contribution in [3.8, 4) is 0 Å². The lowest BCUT2D eigenvalue weighted by Gasteiger charge is -2.24. The predicted molar refractivity (Wildman–Crippen MR) is 97.9 cm³/mol. The van der Waals surface area contributed by atoms with Crippen molar-refractivity contribution < 1.29 is 17.6 Å². The summed E-state index contributed by atoms with van der Waals surface area (Å²) in [5.74, 6) is -0.850. The van der Waals surface area contributed by atoms with Crippen molar-refractivity contribution in [3.05, 3.63) is 59.4 Å². The van der Waals surface area contributed by atoms with Crippen LogP contribution in [0.4, 0.5) is 10.1 Å². The first kappa shape index (κ1) is 18.5. The number of nitrogens with zero attached hydrogens (tertiary/aromatic N) is 1. The van der Waals surface area contributed by atoms with Crippen LogP contribution in [0, 0.1) is 19.7 Å². The van der Waals surface area contributed by atoms with Gasteiger partial charge in [0.05, 0.1) is 4.90 Å². The van der Waals surface area contributed by atoms with E-state index in [2.05, 4.69) is 5.32 Å². The Kier molecular flexibility index (Phi) is 5.11. The summed E-state index contributed by atoms with van der Waals surface area (Å²) in [6, 6.07) is 9.61. The van der Waals surface area contributed by atoms with Gasteiger partial charge in [-0.1, -0.05) is 12.1 Å². The van der Waals surface area contributed by atoms with E-state index in [1.807, 2.05) is 32.0 Å². The molecule has 0 aromatic heterocycles. The molecule has 0 bridgehead atoms. The van der Waals surface area contributed by atoms with E-state index >= 15 is 0 Å². The highest BCUT2D eigenvalue weighted by molar-refractivity contribution is 7.89. The van der Waals surface area contributed by atoms with Crippen LogP contribution in [0.2, 0.25) is 0 Å². The lowest BCUT2D eigenvalue weighted by molar-refractivity contribution is -0.119. The Labute approximate surface area is 152 Å². The van der Waals surface area contributed by atoms with Crippen molar-refractivity contribution in [2.45, 2.75) is 37.6 Å². The van der Waals surface area contributed by atoms with Crippen molar-refractivity contribution in [3.63, 3.8) is 0 Å². The summed E-state index contributed by atoms with van der Waals surface area (Å²) in [5, 5.41) is 2.85. The number of nitrogens with one attached hydrogen (secondary N) is 1. The summed E-state index contributed by atoms with van der Waals surface area (Å²) in [5.41, 5.74) is 2.60. The summed E-state index contributed by atoms with van der Waals surface area (Å²) in [6.07, 6.45) is 1.06. The molecular formula is C19H21FN2O3S. The first-order valence-corrected chi connectivity index (χ1v) is 9.88. The molecule has 2 aromatic carbocycles. The molecule has 0 spiro atoms. The van der Waals surface area contributed by atoms with Crippen LogP contribution in [-0.2, 0) is 14.8 Å². The van der Waals surface area contributed by atoms with Gasteiger partial charge in [0.25, 0.3) is 0 Å². The van der Waals surface area contributed by atoms with Gasteiger partial charge in [0.2, 0.25) is 15.9 Å². The number of carbonyl (C=O) groups is 1. The van der Waals surface area contributed by atoms with Gasteiger partial charge in [0, 0.05) is 12.2 Å². The Hall–Kier alpha value is -2.25. The Morgan fingerprint density at radius 3 is 2.54 bits per heavy atom. The molecule has 26 heavy (non-hydrogen) atoms. The first-order valence-electron chi connectivity index (χ1n) is 8.44. The molecule has 0 radical (unpaired) electrons. The summed E-state index contributed by atoms with van der Waals surface area (Å²) >= 11 is 0. The third-order valence-corrected chi connectivity index (χ3v) is 6.50. The van der Waals surface area contributed by atoms with Crippen LogP contribution in [-0.4, -0.2) is 31.2 Å². The van der Waals surface area contributed by atoms with Gasteiger partial charge in [0.15, 0.2) is 0 Å². The van der Waals surface area contributed by atoms with E-state index < -0.39 is 21.9 Å². The highest BCUT2D eigenvalue weighted by Gasteiger charge is 2.39. The number of benzene rings is 2. The van der Waals surface area contributed by atoms with Gasteiger partial charge in [-0.05, 0) is 68.1 Å². The third kappa shape index (κ3) is 3.64. The second-order valence-corrected chi connectivity index (χ2v) is 8.43. The Morgan fingerprint density at radius 2 is 1.85 bits per heavy atom. The molecule has 5 nitrogen and oxygen atoms in total. The fourth-order valence-electron chi connectivity index (χ4n) is 3.12. The molecule has 1 saturated heterocycles. The average molecular weight is 376 g/mol. The summed E-state index contributed by atoms with van der Waals surface area (Å²) in [7, 11) is -3.85. The van der Waals surface area contributed by atoms with E-state index in [4.69, 9.17) is 0 Å². The molecule has 7 heteroatoms. The van der Waals surface area contributed by atoms with Gasteiger partial charge in [-0.3, -0.25) is 4.79 Å². The highest BCUT2D eigenvalue weighted by Crippen LogP contribution is 2.27. The van der Waals surface area contributed by atoms with Gasteiger partial charge in [-0.2, -0.15) is 4.31 Å². The first-order chi connectivity index (χ1) is 12.3. The van der Waals surface area contributed by atoms with Crippen LogP contribution in [0.1, 0.15) is 24.0 Å². The van der Waals surface area contributed by atoms with Gasteiger partial charge in [-0.25, -0.2) is 12.8 Å². The molecule has 2 aromatic rings. The number of hydrogen-bond donors (Lipinski definition) is 1. The maximum absolute atomic E-state index is 13.1. The topological polar surface area (TPSA) is 66.5 Å². The molecular weight excluding hydrogens is 355 g/mol. The quantitative estimate of drug-likeness (QED) is 0.891. The van der Waals surface area contributed by atoms with Crippen molar-refractivity contribution in [2.75, 3.05) is 11.9 Å². The van der Waals surface area contributed by atoms with Crippen molar-refractivity contribution in [1.82, 2.24) is 4.31 Å². The Morgan fingerprint density at radius 1 is 1.15 bits per heavy atom. The smallest absolute Gasteiger partial charge is 0.243 e. The number of sulfonamides is 1. The van der Waals surface area contributed by atoms with Crippen molar-refractivity contribution in [1.29, 1.82) is 0 Å². The van der Waals surface area contributed by atoms with Crippen molar-refractivity contribution in [2.24, 2.45) is 0 Å². The van der Waals surface area contributed by atoms with Crippen molar-refractivity contribution >= 4 is 21.6 Å². The van der Waals surface area contributed by atoms with E-state index in [1.54, 1.807) is 0 Å². The van der Waals surface area contributed by atoms with Crippen LogP contribution in [0.15, 0.2) is 47.4 Å². The zero-order chi connectivity index (χ0) is 18.9. The van der Waals surface area contributed by atoms with Crippen LogP contribution in [0.3, 0.4) is 0 Å². The van der Waals surface area contributed by atoms with Crippen LogP contribution in [0.25, 0.3) is 0 Å². The van der Waals surface area contributed by atoms with E-state index in [-0.39, 0.29) is 17.3 Å². The number of anilines is 1. The second-order valence-electron chi connectivity index (χ2n) is 6.54. The molecule has 0 unspecified atom stereocenters. The predicted octanol–water partition coefficient (Wildman–Crippen LogP) is 3.23. The van der Waals surface area contributed by atoms with Crippen LogP contribution >= 0.6 is 0 Å². The van der Waals surface area contributed by atoms with Gasteiger partial charge in [0.1, 0.15) is 11.9 Å². The van der Waals surface area contributed by atoms with Gasteiger partial charge in [-0.15, -0.1) is 0 Å². The minimum atomic E-state index is -3.85. The van der Waals surface area contributed by atoms with E-state index in [1.165, 1.54) is 16.4 Å². The third-order valence-electron chi connectivity index (χ3n) is 4.58. The lowest BCUT2D eigenvalue weighted by atomic mass is 10.1. The molecule has 138 valence electrons. The normalized spacial score (nSPS) is 18.0. The minimum absolute atomic E-state index is 0.00895. The van der Waals surface area contributed by atoms with Crippen LogP contribution in [0.5, 0.6) is 0 Å². The highest BCUT2D eigenvalue weighted by atomic mass is 32.2. The molecule has 1 fully saturated rings. The molecule has 1 N–H and O–H groups in total. The zero-order valence-corrected chi connectivity index (χ0v) is 15.5. The van der Waals surface area contributed by atoms with Crippen LogP contribution < -0.4 is 5.32 Å². The molecule has 1 atom stereocenters. The number of carbonyl (C=O) groups excluding carboxylic acids is 1. The zero-order valence-electron chi connectivity index (χ0n) is 14.7. The number of rotatable bonds is 4. The van der Waals surface area contributed by atoms with Gasteiger partial charge >= 0.3 is 0 Å². The molecule has 0 saturated carbocycles. The number of aryl methyl sites for hydroxylation is 2. The Balaban J connectivity index is 1.84. The molecule has 1 heterocycles. The lowest BCUT2D eigenvalue weighted by Crippen LogP contribution is -2.43. The molecule has 3 rings (SSSR count). The Bertz CT molecular complexity index is 926. The second kappa shape index (κ2) is 7.17. The number of halogens is 1. The monoisotopic (exact) mass is 376 g/mol. The van der Waals surface area contributed by atoms with Gasteiger partial charge < -0.3 is 5.32 Å².